The summed E-state index contributed by atoms with van der Waals surface area (Å²) in [5.41, 5.74) is 1.49. The van der Waals surface area contributed by atoms with Crippen molar-refractivity contribution < 1.29 is 4.79 Å². The third kappa shape index (κ3) is 3.15. The summed E-state index contributed by atoms with van der Waals surface area (Å²) in [5, 5.41) is 3.45. The van der Waals surface area contributed by atoms with Gasteiger partial charge in [-0.1, -0.05) is 11.6 Å². The summed E-state index contributed by atoms with van der Waals surface area (Å²) in [5.74, 6) is -0.321. The van der Waals surface area contributed by atoms with E-state index in [4.69, 9.17) is 0 Å². The highest BCUT2D eigenvalue weighted by Gasteiger charge is 2.19. The third-order valence-corrected chi connectivity index (χ3v) is 3.31. The van der Waals surface area contributed by atoms with Crippen LogP contribution in [0.15, 0.2) is 29.2 Å². The SMILES string of the molecule is CCn1cc(C(=O)NC(C)(C)C)c(=O)c2cc(C)ccc21. The van der Waals surface area contributed by atoms with Crippen LogP contribution in [0.25, 0.3) is 10.9 Å². The summed E-state index contributed by atoms with van der Waals surface area (Å²) in [6, 6.07) is 5.75. The predicted octanol–water partition coefficient (Wildman–Crippen LogP) is 2.86. The highest BCUT2D eigenvalue weighted by atomic mass is 16.2. The van der Waals surface area contributed by atoms with Gasteiger partial charge in [0.1, 0.15) is 5.56 Å². The van der Waals surface area contributed by atoms with Crippen LogP contribution in [0.3, 0.4) is 0 Å². The number of pyridine rings is 1. The number of aryl methyl sites for hydroxylation is 2. The van der Waals surface area contributed by atoms with E-state index in [0.29, 0.717) is 11.9 Å². The minimum Gasteiger partial charge on any atom is -0.347 e. The molecule has 0 aliphatic carbocycles. The lowest BCUT2D eigenvalue weighted by atomic mass is 10.1. The lowest BCUT2D eigenvalue weighted by Gasteiger charge is -2.21. The summed E-state index contributed by atoms with van der Waals surface area (Å²) in [6.07, 6.45) is 1.65. The molecule has 0 unspecified atom stereocenters. The smallest absolute Gasteiger partial charge is 0.257 e. The van der Waals surface area contributed by atoms with Crippen molar-refractivity contribution in [2.24, 2.45) is 0 Å². The van der Waals surface area contributed by atoms with Gasteiger partial charge in [0.15, 0.2) is 0 Å². The molecular weight excluding hydrogens is 264 g/mol. The number of hydrogen-bond donors (Lipinski definition) is 1. The van der Waals surface area contributed by atoms with E-state index < -0.39 is 0 Å². The number of nitrogens with one attached hydrogen (secondary N) is 1. The summed E-state index contributed by atoms with van der Waals surface area (Å²) in [7, 11) is 0. The molecule has 21 heavy (non-hydrogen) atoms. The number of amides is 1. The second-order valence-electron chi connectivity index (χ2n) is 6.38. The molecular formula is C17H22N2O2. The molecule has 1 heterocycles. The number of fused-ring (bicyclic) bond motifs is 1. The Morgan fingerprint density at radius 1 is 1.29 bits per heavy atom. The van der Waals surface area contributed by atoms with E-state index >= 15 is 0 Å². The van der Waals surface area contributed by atoms with Crippen molar-refractivity contribution in [1.82, 2.24) is 9.88 Å². The first kappa shape index (κ1) is 15.3. The van der Waals surface area contributed by atoms with E-state index in [1.54, 1.807) is 6.20 Å². The van der Waals surface area contributed by atoms with E-state index in [1.165, 1.54) is 0 Å². The molecule has 112 valence electrons. The van der Waals surface area contributed by atoms with Gasteiger partial charge in [-0.25, -0.2) is 0 Å². The molecule has 0 saturated carbocycles. The van der Waals surface area contributed by atoms with Gasteiger partial charge in [0.2, 0.25) is 5.43 Å². The third-order valence-electron chi connectivity index (χ3n) is 3.31. The molecule has 0 radical (unpaired) electrons. The van der Waals surface area contributed by atoms with E-state index in [0.717, 1.165) is 11.1 Å². The molecule has 0 aliphatic rings. The molecule has 4 nitrogen and oxygen atoms in total. The number of rotatable bonds is 2. The number of hydrogen-bond acceptors (Lipinski definition) is 2. The van der Waals surface area contributed by atoms with Gasteiger partial charge in [-0.3, -0.25) is 9.59 Å². The molecule has 2 aromatic rings. The number of aromatic nitrogens is 1. The molecule has 0 bridgehead atoms. The summed E-state index contributed by atoms with van der Waals surface area (Å²) >= 11 is 0. The Labute approximate surface area is 124 Å². The maximum Gasteiger partial charge on any atom is 0.257 e. The Bertz CT molecular complexity index is 752. The van der Waals surface area contributed by atoms with Crippen LogP contribution in [-0.2, 0) is 6.54 Å². The van der Waals surface area contributed by atoms with Gasteiger partial charge in [0.25, 0.3) is 5.91 Å². The molecule has 0 saturated heterocycles. The standard InChI is InChI=1S/C17H22N2O2/c1-6-19-10-13(16(21)18-17(3,4)5)15(20)12-9-11(2)7-8-14(12)19/h7-10H,6H2,1-5H3,(H,18,21). The van der Waals surface area contributed by atoms with Crippen molar-refractivity contribution in [1.29, 1.82) is 0 Å². The van der Waals surface area contributed by atoms with E-state index in [-0.39, 0.29) is 22.4 Å². The number of carbonyl (C=O) groups is 1. The van der Waals surface area contributed by atoms with E-state index in [2.05, 4.69) is 5.32 Å². The van der Waals surface area contributed by atoms with Crippen molar-refractivity contribution in [3.63, 3.8) is 0 Å². The number of carbonyl (C=O) groups excluding carboxylic acids is 1. The van der Waals surface area contributed by atoms with Crippen molar-refractivity contribution >= 4 is 16.8 Å². The van der Waals surface area contributed by atoms with Crippen LogP contribution < -0.4 is 10.7 Å². The summed E-state index contributed by atoms with van der Waals surface area (Å²) in [4.78, 5) is 25.0. The van der Waals surface area contributed by atoms with E-state index in [1.807, 2.05) is 57.4 Å². The van der Waals surface area contributed by atoms with Gasteiger partial charge in [0, 0.05) is 23.7 Å². The molecule has 0 spiro atoms. The van der Waals surface area contributed by atoms with Crippen molar-refractivity contribution in [3.8, 4) is 0 Å². The van der Waals surface area contributed by atoms with E-state index in [9.17, 15) is 9.59 Å². The quantitative estimate of drug-likeness (QED) is 0.923. The maximum atomic E-state index is 12.6. The van der Waals surface area contributed by atoms with Gasteiger partial charge in [-0.2, -0.15) is 0 Å². The zero-order chi connectivity index (χ0) is 15.8. The topological polar surface area (TPSA) is 51.1 Å². The lowest BCUT2D eigenvalue weighted by molar-refractivity contribution is 0.0918. The van der Waals surface area contributed by atoms with Crippen LogP contribution in [0.5, 0.6) is 0 Å². The summed E-state index contributed by atoms with van der Waals surface area (Å²) in [6.45, 7) is 10.3. The predicted molar refractivity (Wildman–Crippen MR) is 85.8 cm³/mol. The van der Waals surface area contributed by atoms with Gasteiger partial charge >= 0.3 is 0 Å². The normalized spacial score (nSPS) is 11.7. The average molecular weight is 286 g/mol. The first-order chi connectivity index (χ1) is 9.73. The minimum atomic E-state index is -0.373. The fraction of sp³-hybridized carbons (Fsp3) is 0.412. The number of benzene rings is 1. The first-order valence-electron chi connectivity index (χ1n) is 7.19. The highest BCUT2D eigenvalue weighted by Crippen LogP contribution is 2.14. The Balaban J connectivity index is 2.68. The number of nitrogens with zero attached hydrogens (tertiary/aromatic N) is 1. The van der Waals surface area contributed by atoms with Crippen LogP contribution >= 0.6 is 0 Å². The first-order valence-corrected chi connectivity index (χ1v) is 7.19. The Hall–Kier alpha value is -2.10. The Morgan fingerprint density at radius 2 is 1.95 bits per heavy atom. The molecule has 4 heteroatoms. The summed E-state index contributed by atoms with van der Waals surface area (Å²) < 4.78 is 1.94. The largest absolute Gasteiger partial charge is 0.347 e. The van der Waals surface area contributed by atoms with Crippen molar-refractivity contribution in [3.05, 3.63) is 45.7 Å². The second kappa shape index (κ2) is 5.35. The maximum absolute atomic E-state index is 12.6. The molecule has 1 aromatic heterocycles. The Morgan fingerprint density at radius 3 is 2.52 bits per heavy atom. The molecule has 0 fully saturated rings. The van der Waals surface area contributed by atoms with Gasteiger partial charge in [0.05, 0.1) is 5.52 Å². The minimum absolute atomic E-state index is 0.199. The fourth-order valence-electron chi connectivity index (χ4n) is 2.34. The monoisotopic (exact) mass is 286 g/mol. The lowest BCUT2D eigenvalue weighted by Crippen LogP contribution is -2.42. The van der Waals surface area contributed by atoms with Crippen molar-refractivity contribution in [2.45, 2.75) is 46.7 Å². The molecule has 1 N–H and O–H groups in total. The zero-order valence-corrected chi connectivity index (χ0v) is 13.3. The molecule has 1 amide bonds. The van der Waals surface area contributed by atoms with Crippen LogP contribution in [0.1, 0.15) is 43.6 Å². The fourth-order valence-corrected chi connectivity index (χ4v) is 2.34. The van der Waals surface area contributed by atoms with Crippen LogP contribution in [0.4, 0.5) is 0 Å². The van der Waals surface area contributed by atoms with Gasteiger partial charge in [-0.15, -0.1) is 0 Å². The van der Waals surface area contributed by atoms with Crippen molar-refractivity contribution in [2.75, 3.05) is 0 Å². The van der Waals surface area contributed by atoms with Crippen LogP contribution in [-0.4, -0.2) is 16.0 Å². The van der Waals surface area contributed by atoms with Gasteiger partial charge in [-0.05, 0) is 46.8 Å². The molecule has 2 rings (SSSR count). The van der Waals surface area contributed by atoms with Crippen LogP contribution in [0.2, 0.25) is 0 Å². The van der Waals surface area contributed by atoms with Crippen LogP contribution in [0, 0.1) is 6.92 Å². The average Bonchev–Trinajstić information content (AvgIpc) is 2.37. The second-order valence-corrected chi connectivity index (χ2v) is 6.38. The molecule has 0 aliphatic heterocycles. The molecule has 0 atom stereocenters. The zero-order valence-electron chi connectivity index (χ0n) is 13.3. The highest BCUT2D eigenvalue weighted by molar-refractivity contribution is 5.97. The van der Waals surface area contributed by atoms with Gasteiger partial charge < -0.3 is 9.88 Å². The molecule has 1 aromatic carbocycles. The Kier molecular flexibility index (Phi) is 3.90.